The Labute approximate surface area is 137 Å². The predicted molar refractivity (Wildman–Crippen MR) is 90.3 cm³/mol. The minimum atomic E-state index is 0.0172. The molecule has 23 heavy (non-hydrogen) atoms. The molecule has 0 saturated heterocycles. The van der Waals surface area contributed by atoms with Gasteiger partial charge in [-0.2, -0.15) is 0 Å². The van der Waals surface area contributed by atoms with Crippen molar-refractivity contribution < 1.29 is 19.0 Å². The summed E-state index contributed by atoms with van der Waals surface area (Å²) in [6, 6.07) is 9.37. The third-order valence-corrected chi connectivity index (χ3v) is 5.30. The molecule has 0 radical (unpaired) electrons. The van der Waals surface area contributed by atoms with E-state index in [0.29, 0.717) is 22.6 Å². The van der Waals surface area contributed by atoms with Gasteiger partial charge in [0.2, 0.25) is 0 Å². The third-order valence-electron chi connectivity index (χ3n) is 4.13. The van der Waals surface area contributed by atoms with Crippen LogP contribution in [-0.4, -0.2) is 27.1 Å². The van der Waals surface area contributed by atoms with Crippen molar-refractivity contribution in [2.24, 2.45) is 0 Å². The van der Waals surface area contributed by atoms with Gasteiger partial charge in [0.05, 0.1) is 26.9 Å². The fraction of sp³-hybridized carbons (Fsp3) is 0.167. The molecule has 4 nitrogen and oxygen atoms in total. The number of methoxy groups -OCH3 is 3. The maximum Gasteiger partial charge on any atom is 0.196 e. The van der Waals surface area contributed by atoms with Gasteiger partial charge in [-0.1, -0.05) is 0 Å². The molecule has 4 rings (SSSR count). The SMILES string of the molecule is COc1ccc2c(c1)C(=O)c1c-2sc2cc(OC)cc(OC)c12. The van der Waals surface area contributed by atoms with Crippen LogP contribution in [0, 0.1) is 0 Å². The molecular formula is C18H14O4S. The topological polar surface area (TPSA) is 44.8 Å². The summed E-state index contributed by atoms with van der Waals surface area (Å²) in [5.74, 6) is 2.08. The van der Waals surface area contributed by atoms with E-state index >= 15 is 0 Å². The molecule has 0 spiro atoms. The highest BCUT2D eigenvalue weighted by molar-refractivity contribution is 7.23. The number of hydrogen-bond donors (Lipinski definition) is 0. The first-order valence-electron chi connectivity index (χ1n) is 7.09. The van der Waals surface area contributed by atoms with E-state index in [1.54, 1.807) is 38.7 Å². The minimum absolute atomic E-state index is 0.0172. The van der Waals surface area contributed by atoms with Crippen LogP contribution < -0.4 is 14.2 Å². The van der Waals surface area contributed by atoms with Gasteiger partial charge < -0.3 is 14.2 Å². The van der Waals surface area contributed by atoms with Crippen molar-refractivity contribution in [3.63, 3.8) is 0 Å². The second-order valence-corrected chi connectivity index (χ2v) is 6.30. The average Bonchev–Trinajstić information content (AvgIpc) is 3.09. The second-order valence-electron chi connectivity index (χ2n) is 5.25. The molecule has 1 aliphatic rings. The van der Waals surface area contributed by atoms with Gasteiger partial charge in [0.1, 0.15) is 17.2 Å². The van der Waals surface area contributed by atoms with Crippen LogP contribution in [0.1, 0.15) is 15.9 Å². The Balaban J connectivity index is 2.04. The molecule has 1 heterocycles. The number of ketones is 1. The van der Waals surface area contributed by atoms with E-state index in [9.17, 15) is 4.79 Å². The van der Waals surface area contributed by atoms with Gasteiger partial charge in [0.25, 0.3) is 0 Å². The van der Waals surface area contributed by atoms with Crippen LogP contribution in [0.5, 0.6) is 17.2 Å². The van der Waals surface area contributed by atoms with Crippen LogP contribution in [0.3, 0.4) is 0 Å². The van der Waals surface area contributed by atoms with Crippen LogP contribution in [-0.2, 0) is 0 Å². The number of carbonyl (C=O) groups excluding carboxylic acids is 1. The Kier molecular flexibility index (Phi) is 3.06. The molecule has 5 heteroatoms. The summed E-state index contributed by atoms with van der Waals surface area (Å²) in [5, 5.41) is 0.855. The normalized spacial score (nSPS) is 12.2. The number of carbonyl (C=O) groups is 1. The predicted octanol–water partition coefficient (Wildman–Crippen LogP) is 4.14. The van der Waals surface area contributed by atoms with Crippen LogP contribution in [0.2, 0.25) is 0 Å². The molecular weight excluding hydrogens is 312 g/mol. The highest BCUT2D eigenvalue weighted by atomic mass is 32.1. The van der Waals surface area contributed by atoms with Crippen molar-refractivity contribution in [1.29, 1.82) is 0 Å². The third kappa shape index (κ3) is 1.86. The number of ether oxygens (including phenoxy) is 3. The Bertz CT molecular complexity index is 955. The summed E-state index contributed by atoms with van der Waals surface area (Å²) in [6.45, 7) is 0. The summed E-state index contributed by atoms with van der Waals surface area (Å²) < 4.78 is 17.0. The van der Waals surface area contributed by atoms with Gasteiger partial charge >= 0.3 is 0 Å². The smallest absolute Gasteiger partial charge is 0.196 e. The summed E-state index contributed by atoms with van der Waals surface area (Å²) in [4.78, 5) is 13.9. The zero-order valence-electron chi connectivity index (χ0n) is 12.9. The zero-order valence-corrected chi connectivity index (χ0v) is 13.7. The van der Waals surface area contributed by atoms with Crippen LogP contribution in [0.25, 0.3) is 20.5 Å². The van der Waals surface area contributed by atoms with Crippen LogP contribution in [0.15, 0.2) is 30.3 Å². The largest absolute Gasteiger partial charge is 0.497 e. The van der Waals surface area contributed by atoms with E-state index in [2.05, 4.69) is 0 Å². The molecule has 0 fully saturated rings. The number of thiophene rings is 1. The van der Waals surface area contributed by atoms with Crippen molar-refractivity contribution in [3.05, 3.63) is 41.5 Å². The summed E-state index contributed by atoms with van der Waals surface area (Å²) in [7, 11) is 4.82. The number of benzene rings is 2. The number of hydrogen-bond acceptors (Lipinski definition) is 5. The molecule has 0 atom stereocenters. The first-order valence-corrected chi connectivity index (χ1v) is 7.91. The van der Waals surface area contributed by atoms with Crippen LogP contribution >= 0.6 is 11.3 Å². The van der Waals surface area contributed by atoms with E-state index in [4.69, 9.17) is 14.2 Å². The molecule has 1 aliphatic carbocycles. The first kappa shape index (κ1) is 14.1. The second kappa shape index (κ2) is 4.99. The lowest BCUT2D eigenvalue weighted by Gasteiger charge is -2.07. The number of fused-ring (bicyclic) bond motifs is 5. The number of rotatable bonds is 3. The van der Waals surface area contributed by atoms with Crippen molar-refractivity contribution in [2.75, 3.05) is 21.3 Å². The van der Waals surface area contributed by atoms with Gasteiger partial charge in [-0.05, 0) is 24.3 Å². The molecule has 0 N–H and O–H groups in total. The van der Waals surface area contributed by atoms with Crippen molar-refractivity contribution in [3.8, 4) is 27.7 Å². The Morgan fingerprint density at radius 1 is 0.870 bits per heavy atom. The molecule has 0 bridgehead atoms. The summed E-state index contributed by atoms with van der Waals surface area (Å²) in [5.41, 5.74) is 2.35. The molecule has 0 saturated carbocycles. The lowest BCUT2D eigenvalue weighted by atomic mass is 10.1. The maximum atomic E-state index is 12.9. The van der Waals surface area contributed by atoms with E-state index in [1.165, 1.54) is 0 Å². The minimum Gasteiger partial charge on any atom is -0.497 e. The fourth-order valence-corrected chi connectivity index (χ4v) is 4.31. The van der Waals surface area contributed by atoms with Crippen molar-refractivity contribution in [2.45, 2.75) is 0 Å². The Morgan fingerprint density at radius 3 is 2.35 bits per heavy atom. The summed E-state index contributed by atoms with van der Waals surface area (Å²) in [6.07, 6.45) is 0. The molecule has 2 aromatic carbocycles. The molecule has 3 aromatic rings. The standard InChI is InChI=1S/C18H14O4S/c1-20-9-4-5-11-12(6-9)17(19)16-15-13(22-3)7-10(21-2)8-14(15)23-18(11)16/h4-8H,1-3H3. The lowest BCUT2D eigenvalue weighted by molar-refractivity contribution is 0.104. The summed E-state index contributed by atoms with van der Waals surface area (Å²) >= 11 is 1.58. The van der Waals surface area contributed by atoms with Gasteiger partial charge in [-0.3, -0.25) is 4.79 Å². The molecule has 0 unspecified atom stereocenters. The van der Waals surface area contributed by atoms with Gasteiger partial charge in [-0.25, -0.2) is 0 Å². The van der Waals surface area contributed by atoms with E-state index < -0.39 is 0 Å². The quantitative estimate of drug-likeness (QED) is 0.567. The first-order chi connectivity index (χ1) is 11.2. The maximum absolute atomic E-state index is 12.9. The highest BCUT2D eigenvalue weighted by Gasteiger charge is 2.33. The van der Waals surface area contributed by atoms with E-state index in [-0.39, 0.29) is 5.78 Å². The Morgan fingerprint density at radius 2 is 1.65 bits per heavy atom. The zero-order chi connectivity index (χ0) is 16.1. The molecule has 0 amide bonds. The van der Waals surface area contributed by atoms with E-state index in [0.717, 1.165) is 26.3 Å². The lowest BCUT2D eigenvalue weighted by Crippen LogP contribution is -1.97. The van der Waals surface area contributed by atoms with Crippen LogP contribution in [0.4, 0.5) is 0 Å². The Hall–Kier alpha value is -2.53. The van der Waals surface area contributed by atoms with Gasteiger partial charge in [-0.15, -0.1) is 11.3 Å². The van der Waals surface area contributed by atoms with E-state index in [1.807, 2.05) is 24.3 Å². The average molecular weight is 326 g/mol. The van der Waals surface area contributed by atoms with Crippen molar-refractivity contribution >= 4 is 27.2 Å². The fourth-order valence-electron chi connectivity index (χ4n) is 3.02. The van der Waals surface area contributed by atoms with Gasteiger partial charge in [0, 0.05) is 32.2 Å². The molecule has 116 valence electrons. The molecule has 1 aromatic heterocycles. The van der Waals surface area contributed by atoms with Crippen molar-refractivity contribution in [1.82, 2.24) is 0 Å². The molecule has 0 aliphatic heterocycles. The highest BCUT2D eigenvalue weighted by Crippen LogP contribution is 2.50. The van der Waals surface area contributed by atoms with Gasteiger partial charge in [0.15, 0.2) is 5.78 Å². The monoisotopic (exact) mass is 326 g/mol.